The second-order valence-corrected chi connectivity index (χ2v) is 4.45. The van der Waals surface area contributed by atoms with E-state index >= 15 is 0 Å². The lowest BCUT2D eigenvalue weighted by Gasteiger charge is -1.94. The number of hydrogen-bond donors (Lipinski definition) is 1. The minimum Gasteiger partial charge on any atom is -0.449 e. The first-order chi connectivity index (χ1) is 6.74. The van der Waals surface area contributed by atoms with Crippen molar-refractivity contribution in [1.29, 1.82) is 0 Å². The monoisotopic (exact) mass is 321 g/mol. The summed E-state index contributed by atoms with van der Waals surface area (Å²) >= 11 is 6.65. The van der Waals surface area contributed by atoms with Gasteiger partial charge in [-0.15, -0.1) is 0 Å². The average molecular weight is 323 g/mol. The average Bonchev–Trinajstić information content (AvgIpc) is 2.46. The van der Waals surface area contributed by atoms with Crippen LogP contribution in [0.5, 0.6) is 0 Å². The van der Waals surface area contributed by atoms with Gasteiger partial charge in [0.25, 0.3) is 0 Å². The topological polar surface area (TPSA) is 25.2 Å². The quantitative estimate of drug-likeness (QED) is 0.834. The molecule has 0 fully saturated rings. The van der Waals surface area contributed by atoms with E-state index in [0.717, 1.165) is 34.4 Å². The molecule has 0 bridgehead atoms. The van der Waals surface area contributed by atoms with Crippen LogP contribution in [0.3, 0.4) is 0 Å². The molecule has 0 saturated heterocycles. The first-order valence-corrected chi connectivity index (χ1v) is 6.14. The molecule has 1 aromatic heterocycles. The van der Waals surface area contributed by atoms with E-state index in [1.807, 2.05) is 18.2 Å². The molecule has 1 rings (SSSR count). The smallest absolute Gasteiger partial charge is 0.184 e. The van der Waals surface area contributed by atoms with Gasteiger partial charge in [-0.2, -0.15) is 0 Å². The molecule has 0 atom stereocenters. The van der Waals surface area contributed by atoms with Gasteiger partial charge in [-0.05, 0) is 57.0 Å². The van der Waals surface area contributed by atoms with Crippen LogP contribution in [-0.4, -0.2) is 13.1 Å². The zero-order valence-corrected chi connectivity index (χ0v) is 11.2. The number of nitrogens with one attached hydrogen (secondary N) is 1. The van der Waals surface area contributed by atoms with Crippen molar-refractivity contribution >= 4 is 37.9 Å². The number of hydrogen-bond acceptors (Lipinski definition) is 2. The summed E-state index contributed by atoms with van der Waals surface area (Å²) in [6, 6.07) is 1.93. The first-order valence-electron chi connectivity index (χ1n) is 4.56. The van der Waals surface area contributed by atoms with Crippen molar-refractivity contribution in [2.75, 3.05) is 13.1 Å². The molecule has 0 aliphatic rings. The molecule has 0 aliphatic heterocycles. The molecule has 0 unspecified atom stereocenters. The Kier molecular flexibility index (Phi) is 5.52. The van der Waals surface area contributed by atoms with Gasteiger partial charge in [0, 0.05) is 6.54 Å². The fourth-order valence-corrected chi connectivity index (χ4v) is 1.59. The Bertz CT molecular complexity index is 288. The molecule has 0 radical (unpaired) electrons. The molecule has 14 heavy (non-hydrogen) atoms. The van der Waals surface area contributed by atoms with E-state index in [4.69, 9.17) is 4.42 Å². The van der Waals surface area contributed by atoms with Crippen LogP contribution in [0.2, 0.25) is 0 Å². The zero-order valence-electron chi connectivity index (χ0n) is 8.02. The maximum Gasteiger partial charge on any atom is 0.184 e. The summed E-state index contributed by atoms with van der Waals surface area (Å²) in [4.78, 5) is 0. The second kappa shape index (κ2) is 6.43. The van der Waals surface area contributed by atoms with Gasteiger partial charge in [-0.25, -0.2) is 0 Å². The summed E-state index contributed by atoms with van der Waals surface area (Å²) in [7, 11) is 0. The third kappa shape index (κ3) is 3.98. The van der Waals surface area contributed by atoms with Crippen molar-refractivity contribution in [1.82, 2.24) is 5.32 Å². The normalized spacial score (nSPS) is 11.4. The van der Waals surface area contributed by atoms with Gasteiger partial charge in [0.15, 0.2) is 4.67 Å². The lowest BCUT2D eigenvalue weighted by molar-refractivity contribution is 0.529. The predicted molar refractivity (Wildman–Crippen MR) is 66.3 cm³/mol. The molecule has 78 valence electrons. The van der Waals surface area contributed by atoms with Gasteiger partial charge >= 0.3 is 0 Å². The van der Waals surface area contributed by atoms with Crippen molar-refractivity contribution < 1.29 is 4.42 Å². The van der Waals surface area contributed by atoms with Crippen LogP contribution in [0.4, 0.5) is 0 Å². The summed E-state index contributed by atoms with van der Waals surface area (Å²) < 4.78 is 7.05. The molecule has 2 nitrogen and oxygen atoms in total. The molecule has 4 heteroatoms. The number of halogens is 2. The molecule has 0 amide bonds. The van der Waals surface area contributed by atoms with Crippen molar-refractivity contribution in [3.8, 4) is 0 Å². The van der Waals surface area contributed by atoms with Crippen LogP contribution in [0.1, 0.15) is 19.1 Å². The lowest BCUT2D eigenvalue weighted by Crippen LogP contribution is -2.13. The SMILES string of the molecule is CCCNCC=Cc1cc(Br)c(Br)o1. The molecular weight excluding hydrogens is 310 g/mol. The van der Waals surface area contributed by atoms with Gasteiger partial charge in [0.1, 0.15) is 5.76 Å². The fourth-order valence-electron chi connectivity index (χ4n) is 0.983. The number of rotatable bonds is 5. The number of furan rings is 1. The summed E-state index contributed by atoms with van der Waals surface area (Å²) in [5.41, 5.74) is 0. The van der Waals surface area contributed by atoms with E-state index in [9.17, 15) is 0 Å². The van der Waals surface area contributed by atoms with Crippen molar-refractivity contribution in [2.45, 2.75) is 13.3 Å². The first kappa shape index (κ1) is 12.0. The van der Waals surface area contributed by atoms with E-state index in [0.29, 0.717) is 0 Å². The Morgan fingerprint density at radius 2 is 2.29 bits per heavy atom. The van der Waals surface area contributed by atoms with Crippen LogP contribution >= 0.6 is 31.9 Å². The van der Waals surface area contributed by atoms with Gasteiger partial charge in [0.2, 0.25) is 0 Å². The summed E-state index contributed by atoms with van der Waals surface area (Å²) in [6.45, 7) is 4.08. The minimum absolute atomic E-state index is 0.735. The van der Waals surface area contributed by atoms with Gasteiger partial charge in [-0.3, -0.25) is 0 Å². The van der Waals surface area contributed by atoms with Crippen LogP contribution in [0.15, 0.2) is 25.7 Å². The maximum absolute atomic E-state index is 5.38. The predicted octanol–water partition coefficient (Wildman–Crippen LogP) is 3.82. The van der Waals surface area contributed by atoms with E-state index in [1.165, 1.54) is 0 Å². The second-order valence-electron chi connectivity index (χ2n) is 2.88. The van der Waals surface area contributed by atoms with E-state index in [1.54, 1.807) is 0 Å². The highest BCUT2D eigenvalue weighted by Gasteiger charge is 2.01. The third-order valence-corrected chi connectivity index (χ3v) is 3.35. The van der Waals surface area contributed by atoms with Gasteiger partial charge in [-0.1, -0.05) is 13.0 Å². The Morgan fingerprint density at radius 1 is 1.50 bits per heavy atom. The molecule has 0 spiro atoms. The van der Waals surface area contributed by atoms with E-state index in [-0.39, 0.29) is 0 Å². The molecule has 1 heterocycles. The Labute approximate surface area is 101 Å². The Balaban J connectivity index is 2.36. The maximum atomic E-state index is 5.38. The Hall–Kier alpha value is -0.0600. The summed E-state index contributed by atoms with van der Waals surface area (Å²) in [5.74, 6) is 0.849. The lowest BCUT2D eigenvalue weighted by atomic mass is 10.4. The van der Waals surface area contributed by atoms with Gasteiger partial charge < -0.3 is 9.73 Å². The van der Waals surface area contributed by atoms with E-state index in [2.05, 4.69) is 44.1 Å². The molecule has 1 aromatic rings. The van der Waals surface area contributed by atoms with Crippen LogP contribution in [-0.2, 0) is 0 Å². The fraction of sp³-hybridized carbons (Fsp3) is 0.400. The zero-order chi connectivity index (χ0) is 10.4. The van der Waals surface area contributed by atoms with Crippen molar-refractivity contribution in [3.05, 3.63) is 27.0 Å². The van der Waals surface area contributed by atoms with Crippen molar-refractivity contribution in [3.63, 3.8) is 0 Å². The molecular formula is C10H13Br2NO. The highest BCUT2D eigenvalue weighted by Crippen LogP contribution is 2.27. The van der Waals surface area contributed by atoms with Crippen LogP contribution in [0.25, 0.3) is 6.08 Å². The standard InChI is InChI=1S/C10H13Br2NO/c1-2-5-13-6-3-4-8-7-9(11)10(12)14-8/h3-4,7,13H,2,5-6H2,1H3. The summed E-state index contributed by atoms with van der Waals surface area (Å²) in [6.07, 6.45) is 5.16. The van der Waals surface area contributed by atoms with Crippen LogP contribution in [0, 0.1) is 0 Å². The van der Waals surface area contributed by atoms with E-state index < -0.39 is 0 Å². The molecule has 0 aromatic carbocycles. The third-order valence-electron chi connectivity index (χ3n) is 1.64. The highest BCUT2D eigenvalue weighted by atomic mass is 79.9. The minimum atomic E-state index is 0.735. The highest BCUT2D eigenvalue weighted by molar-refractivity contribution is 9.13. The molecule has 0 saturated carbocycles. The Morgan fingerprint density at radius 3 is 2.86 bits per heavy atom. The molecule has 1 N–H and O–H groups in total. The van der Waals surface area contributed by atoms with Gasteiger partial charge in [0.05, 0.1) is 4.47 Å². The van der Waals surface area contributed by atoms with Crippen LogP contribution < -0.4 is 5.32 Å². The van der Waals surface area contributed by atoms with Crippen molar-refractivity contribution in [2.24, 2.45) is 0 Å². The largest absolute Gasteiger partial charge is 0.449 e. The summed E-state index contributed by atoms with van der Waals surface area (Å²) in [5, 5.41) is 3.27. The molecule has 0 aliphatic carbocycles.